The maximum atomic E-state index is 12.1. The minimum absolute atomic E-state index is 0.0502. The topological polar surface area (TPSA) is 29.5 Å². The first-order valence-corrected chi connectivity index (χ1v) is 6.73. The highest BCUT2D eigenvalue weighted by Crippen LogP contribution is 2.25. The monoisotopic (exact) mass is 269 g/mol. The Morgan fingerprint density at radius 3 is 2.22 bits per heavy atom. The van der Waals surface area contributed by atoms with Gasteiger partial charge in [-0.05, 0) is 38.5 Å². The third-order valence-electron chi connectivity index (χ3n) is 2.78. The van der Waals surface area contributed by atoms with Gasteiger partial charge >= 0.3 is 0 Å². The molecule has 1 atom stereocenters. The van der Waals surface area contributed by atoms with E-state index in [1.807, 2.05) is 45.0 Å². The van der Waals surface area contributed by atoms with Crippen LogP contribution in [0.2, 0.25) is 0 Å². The summed E-state index contributed by atoms with van der Waals surface area (Å²) in [5.74, 6) is 0.742. The van der Waals surface area contributed by atoms with E-state index in [0.29, 0.717) is 19.7 Å². The minimum atomic E-state index is -0.624. The van der Waals surface area contributed by atoms with Crippen molar-refractivity contribution >= 4 is 17.5 Å². The van der Waals surface area contributed by atoms with E-state index in [1.54, 1.807) is 4.90 Å². The number of halogens is 1. The molecule has 1 unspecified atom stereocenters. The van der Waals surface area contributed by atoms with Gasteiger partial charge in [0.05, 0.1) is 6.61 Å². The van der Waals surface area contributed by atoms with E-state index in [-0.39, 0.29) is 5.91 Å². The van der Waals surface area contributed by atoms with Crippen LogP contribution in [-0.4, -0.2) is 30.5 Å². The Labute approximate surface area is 114 Å². The molecule has 0 saturated heterocycles. The maximum Gasteiger partial charge on any atom is 0.245 e. The molecule has 3 nitrogen and oxygen atoms in total. The number of alkyl halides is 1. The summed E-state index contributed by atoms with van der Waals surface area (Å²) in [6, 6.07) is 7.35. The number of ether oxygens (including phenoxy) is 1. The molecule has 0 aliphatic rings. The lowest BCUT2D eigenvalue weighted by atomic mass is 10.1. The normalized spacial score (nSPS) is 12.0. The molecule has 0 aliphatic heterocycles. The highest BCUT2D eigenvalue weighted by Gasteiger charge is 2.21. The van der Waals surface area contributed by atoms with Gasteiger partial charge in [0.25, 0.3) is 0 Å². The van der Waals surface area contributed by atoms with Crippen LogP contribution in [0, 0.1) is 0 Å². The molecule has 0 N–H and O–H groups in total. The van der Waals surface area contributed by atoms with Crippen molar-refractivity contribution in [1.29, 1.82) is 0 Å². The van der Waals surface area contributed by atoms with Gasteiger partial charge in [-0.3, -0.25) is 4.79 Å². The van der Waals surface area contributed by atoms with E-state index in [2.05, 4.69) is 0 Å². The largest absolute Gasteiger partial charge is 0.494 e. The Balaban J connectivity index is 2.77. The molecule has 1 amide bonds. The second-order valence-corrected chi connectivity index (χ2v) is 4.31. The van der Waals surface area contributed by atoms with Gasteiger partial charge in [0.2, 0.25) is 5.91 Å². The summed E-state index contributed by atoms with van der Waals surface area (Å²) in [4.78, 5) is 13.8. The van der Waals surface area contributed by atoms with Crippen molar-refractivity contribution in [1.82, 2.24) is 4.90 Å². The number of likely N-dealkylation sites (N-methyl/N-ethyl adjacent to an activating group) is 1. The van der Waals surface area contributed by atoms with Crippen molar-refractivity contribution in [2.75, 3.05) is 19.7 Å². The van der Waals surface area contributed by atoms with Crippen LogP contribution in [-0.2, 0) is 4.79 Å². The van der Waals surface area contributed by atoms with E-state index in [4.69, 9.17) is 16.3 Å². The highest BCUT2D eigenvalue weighted by atomic mass is 35.5. The first-order valence-electron chi connectivity index (χ1n) is 6.29. The number of nitrogens with zero attached hydrogens (tertiary/aromatic N) is 1. The number of hydrogen-bond donors (Lipinski definition) is 0. The third-order valence-corrected chi connectivity index (χ3v) is 3.21. The highest BCUT2D eigenvalue weighted by molar-refractivity contribution is 6.30. The Bertz CT molecular complexity index is 374. The van der Waals surface area contributed by atoms with Gasteiger partial charge < -0.3 is 9.64 Å². The van der Waals surface area contributed by atoms with E-state index in [9.17, 15) is 4.79 Å². The molecule has 0 radical (unpaired) electrons. The van der Waals surface area contributed by atoms with Gasteiger partial charge in [0.1, 0.15) is 11.1 Å². The fourth-order valence-electron chi connectivity index (χ4n) is 1.74. The second kappa shape index (κ2) is 7.27. The fraction of sp³-hybridized carbons (Fsp3) is 0.500. The molecular formula is C14H20ClNO2. The van der Waals surface area contributed by atoms with Crippen molar-refractivity contribution < 1.29 is 9.53 Å². The first-order chi connectivity index (χ1) is 8.63. The van der Waals surface area contributed by atoms with Gasteiger partial charge in [-0.15, -0.1) is 11.6 Å². The zero-order valence-electron chi connectivity index (χ0n) is 11.1. The summed E-state index contributed by atoms with van der Waals surface area (Å²) in [6.07, 6.45) is 0. The molecule has 4 heteroatoms. The van der Waals surface area contributed by atoms with Gasteiger partial charge in [0, 0.05) is 13.1 Å². The number of carbonyl (C=O) groups is 1. The Morgan fingerprint density at radius 2 is 1.78 bits per heavy atom. The van der Waals surface area contributed by atoms with Crippen LogP contribution < -0.4 is 4.74 Å². The quantitative estimate of drug-likeness (QED) is 0.742. The lowest BCUT2D eigenvalue weighted by Crippen LogP contribution is -2.33. The molecule has 0 aromatic heterocycles. The zero-order valence-corrected chi connectivity index (χ0v) is 11.9. The number of rotatable bonds is 6. The predicted octanol–water partition coefficient (Wildman–Crippen LogP) is 3.23. The average molecular weight is 270 g/mol. The van der Waals surface area contributed by atoms with Crippen LogP contribution in [0.5, 0.6) is 5.75 Å². The molecular weight excluding hydrogens is 250 g/mol. The van der Waals surface area contributed by atoms with Crippen molar-refractivity contribution in [2.45, 2.75) is 26.1 Å². The van der Waals surface area contributed by atoms with Gasteiger partial charge in [-0.1, -0.05) is 12.1 Å². The molecule has 0 heterocycles. The smallest absolute Gasteiger partial charge is 0.245 e. The van der Waals surface area contributed by atoms with Crippen LogP contribution >= 0.6 is 11.6 Å². The van der Waals surface area contributed by atoms with E-state index in [0.717, 1.165) is 11.3 Å². The summed E-state index contributed by atoms with van der Waals surface area (Å²) in [7, 11) is 0. The van der Waals surface area contributed by atoms with E-state index >= 15 is 0 Å². The SMILES string of the molecule is CCOc1ccc(C(Cl)C(=O)N(CC)CC)cc1. The fourth-order valence-corrected chi connectivity index (χ4v) is 2.02. The van der Waals surface area contributed by atoms with E-state index in [1.165, 1.54) is 0 Å². The zero-order chi connectivity index (χ0) is 13.5. The molecule has 1 rings (SSSR count). The van der Waals surface area contributed by atoms with Gasteiger partial charge in [-0.25, -0.2) is 0 Å². The van der Waals surface area contributed by atoms with Crippen LogP contribution in [0.1, 0.15) is 31.7 Å². The number of amides is 1. The van der Waals surface area contributed by atoms with Crippen molar-refractivity contribution in [3.8, 4) is 5.75 Å². The number of carbonyl (C=O) groups excluding carboxylic acids is 1. The minimum Gasteiger partial charge on any atom is -0.494 e. The molecule has 0 aliphatic carbocycles. The maximum absolute atomic E-state index is 12.1. The summed E-state index contributed by atoms with van der Waals surface area (Å²) >= 11 is 6.21. The summed E-state index contributed by atoms with van der Waals surface area (Å²) in [6.45, 7) is 7.81. The summed E-state index contributed by atoms with van der Waals surface area (Å²) < 4.78 is 5.35. The molecule has 0 saturated carbocycles. The predicted molar refractivity (Wildman–Crippen MR) is 74.1 cm³/mol. The molecule has 0 bridgehead atoms. The van der Waals surface area contributed by atoms with Gasteiger partial charge in [-0.2, -0.15) is 0 Å². The summed E-state index contributed by atoms with van der Waals surface area (Å²) in [5.41, 5.74) is 0.803. The molecule has 100 valence electrons. The number of benzene rings is 1. The van der Waals surface area contributed by atoms with Crippen LogP contribution in [0.3, 0.4) is 0 Å². The first kappa shape index (κ1) is 14.8. The molecule has 0 spiro atoms. The van der Waals surface area contributed by atoms with Crippen LogP contribution in [0.15, 0.2) is 24.3 Å². The summed E-state index contributed by atoms with van der Waals surface area (Å²) in [5, 5.41) is -0.624. The molecule has 1 aromatic rings. The standard InChI is InChI=1S/C14H20ClNO2/c1-4-16(5-2)14(17)13(15)11-7-9-12(10-8-11)18-6-3/h7-10,13H,4-6H2,1-3H3. The molecule has 1 aromatic carbocycles. The van der Waals surface area contributed by atoms with Crippen LogP contribution in [0.4, 0.5) is 0 Å². The third kappa shape index (κ3) is 3.64. The number of hydrogen-bond acceptors (Lipinski definition) is 2. The average Bonchev–Trinajstić information content (AvgIpc) is 2.40. The van der Waals surface area contributed by atoms with Crippen molar-refractivity contribution in [3.63, 3.8) is 0 Å². The lowest BCUT2D eigenvalue weighted by Gasteiger charge is -2.21. The van der Waals surface area contributed by atoms with Crippen LogP contribution in [0.25, 0.3) is 0 Å². The molecule has 0 fully saturated rings. The Kier molecular flexibility index (Phi) is 5.99. The van der Waals surface area contributed by atoms with Crippen molar-refractivity contribution in [2.24, 2.45) is 0 Å². The Hall–Kier alpha value is -1.22. The van der Waals surface area contributed by atoms with Gasteiger partial charge in [0.15, 0.2) is 0 Å². The molecule has 18 heavy (non-hydrogen) atoms. The second-order valence-electron chi connectivity index (χ2n) is 3.88. The lowest BCUT2D eigenvalue weighted by molar-refractivity contribution is -0.130. The van der Waals surface area contributed by atoms with E-state index < -0.39 is 5.38 Å². The Morgan fingerprint density at radius 1 is 1.22 bits per heavy atom. The van der Waals surface area contributed by atoms with Crippen molar-refractivity contribution in [3.05, 3.63) is 29.8 Å².